The molecular formula is C65H66OS2. The van der Waals surface area contributed by atoms with E-state index in [1.54, 1.807) is 0 Å². The Morgan fingerprint density at radius 1 is 0.353 bits per heavy atom. The van der Waals surface area contributed by atoms with Crippen LogP contribution >= 0.6 is 22.7 Å². The molecule has 3 aromatic heterocycles. The Balaban J connectivity index is 0.000000113. The maximum atomic E-state index is 6.01. The van der Waals surface area contributed by atoms with Gasteiger partial charge in [0.15, 0.2) is 0 Å². The molecule has 68 heavy (non-hydrogen) atoms. The lowest BCUT2D eigenvalue weighted by molar-refractivity contribution is 0.573. The Kier molecular flexibility index (Phi) is 12.6. The molecule has 3 heteroatoms. The second-order valence-corrected chi connectivity index (χ2v) is 24.7. The second kappa shape index (κ2) is 18.1. The molecule has 0 atom stereocenters. The Hall–Kier alpha value is -6.00. The van der Waals surface area contributed by atoms with E-state index in [0.29, 0.717) is 0 Å². The summed E-state index contributed by atoms with van der Waals surface area (Å²) < 4.78 is 11.6. The monoisotopic (exact) mass is 926 g/mol. The van der Waals surface area contributed by atoms with Crippen molar-refractivity contribution in [3.8, 4) is 11.1 Å². The standard InChI is InChI=1S/C17H18.C16H16O.2C16H16S/c1-17(2,3)14-8-9-16-13(11-14)10-12-6-4-5-7-15(12)16;1-16(2,3)13-9-6-8-12-11-7-4-5-10-14(11)17-15(12)13;1-16(2,3)12-8-6-10-14-15(12)11-7-4-5-9-13(11)17-14;1-16(2,3)11-8-9-15-13(10-11)12-6-4-5-7-14(12)17-15/h4-9,11H,10H2,1-3H3;3*4-10H,1-3H3. The average molecular weight is 927 g/mol. The van der Waals surface area contributed by atoms with Crippen molar-refractivity contribution in [2.75, 3.05) is 0 Å². The maximum absolute atomic E-state index is 6.01. The molecule has 0 radical (unpaired) electrons. The van der Waals surface area contributed by atoms with E-state index in [1.807, 2.05) is 34.8 Å². The molecule has 11 aromatic rings. The smallest absolute Gasteiger partial charge is 0.139 e. The van der Waals surface area contributed by atoms with E-state index in [9.17, 15) is 0 Å². The van der Waals surface area contributed by atoms with Gasteiger partial charge >= 0.3 is 0 Å². The van der Waals surface area contributed by atoms with Gasteiger partial charge in [0, 0.05) is 56.7 Å². The fourth-order valence-electron chi connectivity index (χ4n) is 9.54. The molecule has 0 bridgehead atoms. The topological polar surface area (TPSA) is 13.1 Å². The highest BCUT2D eigenvalue weighted by atomic mass is 32.1. The van der Waals surface area contributed by atoms with Gasteiger partial charge in [0.1, 0.15) is 11.2 Å². The number of benzene rings is 8. The third-order valence-electron chi connectivity index (χ3n) is 13.3. The molecule has 0 saturated carbocycles. The molecule has 3 heterocycles. The van der Waals surface area contributed by atoms with Gasteiger partial charge in [-0.15, -0.1) is 22.7 Å². The van der Waals surface area contributed by atoms with Crippen molar-refractivity contribution in [3.05, 3.63) is 203 Å². The second-order valence-electron chi connectivity index (χ2n) is 22.6. The van der Waals surface area contributed by atoms with Crippen molar-refractivity contribution in [2.24, 2.45) is 0 Å². The van der Waals surface area contributed by atoms with Crippen molar-refractivity contribution >= 4 is 85.0 Å². The highest BCUT2D eigenvalue weighted by molar-refractivity contribution is 7.26. The molecule has 0 amide bonds. The van der Waals surface area contributed by atoms with E-state index in [2.05, 4.69) is 241 Å². The molecule has 344 valence electrons. The lowest BCUT2D eigenvalue weighted by Crippen LogP contribution is -2.11. The summed E-state index contributed by atoms with van der Waals surface area (Å²) in [5.41, 5.74) is 14.1. The summed E-state index contributed by atoms with van der Waals surface area (Å²) in [5.74, 6) is 0. The normalized spacial score (nSPS) is 12.6. The van der Waals surface area contributed by atoms with Crippen molar-refractivity contribution in [2.45, 2.75) is 111 Å². The van der Waals surface area contributed by atoms with Crippen LogP contribution in [0, 0.1) is 0 Å². The van der Waals surface area contributed by atoms with Crippen LogP contribution in [0.15, 0.2) is 174 Å². The fourth-order valence-corrected chi connectivity index (χ4v) is 11.8. The van der Waals surface area contributed by atoms with E-state index in [4.69, 9.17) is 4.42 Å². The van der Waals surface area contributed by atoms with Crippen LogP contribution < -0.4 is 0 Å². The molecule has 1 nitrogen and oxygen atoms in total. The molecular weight excluding hydrogens is 861 g/mol. The van der Waals surface area contributed by atoms with E-state index < -0.39 is 0 Å². The number of fused-ring (bicyclic) bond motifs is 12. The largest absolute Gasteiger partial charge is 0.456 e. The molecule has 1 aliphatic carbocycles. The number of furan rings is 1. The molecule has 0 unspecified atom stereocenters. The molecule has 12 rings (SSSR count). The lowest BCUT2D eigenvalue weighted by Gasteiger charge is -2.20. The van der Waals surface area contributed by atoms with Crippen LogP contribution in [0.2, 0.25) is 0 Å². The number of rotatable bonds is 0. The minimum atomic E-state index is 0.105. The highest BCUT2D eigenvalue weighted by Gasteiger charge is 2.23. The lowest BCUT2D eigenvalue weighted by atomic mass is 9.84. The first kappa shape index (κ1) is 47.1. The molecule has 0 saturated heterocycles. The van der Waals surface area contributed by atoms with Gasteiger partial charge in [0.2, 0.25) is 0 Å². The SMILES string of the molecule is CC(C)(C)c1ccc2c(c1)Cc1ccccc1-2.CC(C)(C)c1ccc2sc3ccccc3c2c1.CC(C)(C)c1cccc2c1oc1ccccc12.CC(C)(C)c1cccc2sc3ccccc3c12. The van der Waals surface area contributed by atoms with Gasteiger partial charge in [-0.2, -0.15) is 0 Å². The predicted molar refractivity (Wildman–Crippen MR) is 302 cm³/mol. The van der Waals surface area contributed by atoms with Crippen LogP contribution in [0.4, 0.5) is 0 Å². The number of thiophene rings is 2. The molecule has 8 aromatic carbocycles. The van der Waals surface area contributed by atoms with Crippen LogP contribution in [0.3, 0.4) is 0 Å². The minimum Gasteiger partial charge on any atom is -0.456 e. The maximum Gasteiger partial charge on any atom is 0.139 e. The summed E-state index contributed by atoms with van der Waals surface area (Å²) in [7, 11) is 0. The first-order chi connectivity index (χ1) is 32.3. The van der Waals surface area contributed by atoms with Gasteiger partial charge in [-0.1, -0.05) is 217 Å². The van der Waals surface area contributed by atoms with Crippen molar-refractivity contribution in [1.82, 2.24) is 0 Å². The third kappa shape index (κ3) is 9.54. The number of para-hydroxylation sites is 2. The van der Waals surface area contributed by atoms with Gasteiger partial charge in [-0.3, -0.25) is 0 Å². The van der Waals surface area contributed by atoms with Crippen LogP contribution in [-0.4, -0.2) is 0 Å². The van der Waals surface area contributed by atoms with Crippen LogP contribution in [0.1, 0.15) is 116 Å². The van der Waals surface area contributed by atoms with Crippen molar-refractivity contribution < 1.29 is 4.42 Å². The van der Waals surface area contributed by atoms with Crippen LogP contribution in [0.25, 0.3) is 73.4 Å². The Labute approximate surface area is 412 Å². The van der Waals surface area contributed by atoms with Gasteiger partial charge in [-0.25, -0.2) is 0 Å². The van der Waals surface area contributed by atoms with Gasteiger partial charge < -0.3 is 4.42 Å². The van der Waals surface area contributed by atoms with E-state index in [1.165, 1.54) is 95.6 Å². The first-order valence-electron chi connectivity index (χ1n) is 24.2. The van der Waals surface area contributed by atoms with E-state index in [0.717, 1.165) is 17.6 Å². The zero-order valence-corrected chi connectivity index (χ0v) is 43.7. The summed E-state index contributed by atoms with van der Waals surface area (Å²) in [5, 5.41) is 8.05. The quantitative estimate of drug-likeness (QED) is 0.148. The zero-order chi connectivity index (χ0) is 48.2. The summed E-state index contributed by atoms with van der Waals surface area (Å²) >= 11 is 3.77. The molecule has 0 N–H and O–H groups in total. The molecule has 0 fully saturated rings. The fraction of sp³-hybridized carbons (Fsp3) is 0.262. The van der Waals surface area contributed by atoms with Gasteiger partial charge in [0.25, 0.3) is 0 Å². The summed E-state index contributed by atoms with van der Waals surface area (Å²) in [6.07, 6.45) is 1.09. The number of hydrogen-bond acceptors (Lipinski definition) is 3. The van der Waals surface area contributed by atoms with Crippen molar-refractivity contribution in [3.63, 3.8) is 0 Å². The molecule has 0 aliphatic heterocycles. The molecule has 0 spiro atoms. The predicted octanol–water partition coefficient (Wildman–Crippen LogP) is 20.1. The minimum absolute atomic E-state index is 0.105. The summed E-state index contributed by atoms with van der Waals surface area (Å²) in [6, 6.07) is 61.3. The summed E-state index contributed by atoms with van der Waals surface area (Å²) in [6.45, 7) is 27.1. The van der Waals surface area contributed by atoms with E-state index in [-0.39, 0.29) is 21.7 Å². The number of hydrogen-bond donors (Lipinski definition) is 0. The van der Waals surface area contributed by atoms with Crippen LogP contribution in [0.5, 0.6) is 0 Å². The Bertz CT molecular complexity index is 3560. The van der Waals surface area contributed by atoms with Gasteiger partial charge in [0.05, 0.1) is 0 Å². The Morgan fingerprint density at radius 3 is 1.56 bits per heavy atom. The average Bonchev–Trinajstić information content (AvgIpc) is 4.08. The van der Waals surface area contributed by atoms with Crippen molar-refractivity contribution in [1.29, 1.82) is 0 Å². The third-order valence-corrected chi connectivity index (χ3v) is 15.6. The highest BCUT2D eigenvalue weighted by Crippen LogP contribution is 2.42. The summed E-state index contributed by atoms with van der Waals surface area (Å²) in [4.78, 5) is 0. The van der Waals surface area contributed by atoms with Gasteiger partial charge in [-0.05, 0) is 103 Å². The molecule has 1 aliphatic rings. The van der Waals surface area contributed by atoms with E-state index >= 15 is 0 Å². The Morgan fingerprint density at radius 2 is 0.853 bits per heavy atom. The first-order valence-corrected chi connectivity index (χ1v) is 25.8. The van der Waals surface area contributed by atoms with Crippen LogP contribution in [-0.2, 0) is 28.1 Å². The zero-order valence-electron chi connectivity index (χ0n) is 42.1.